The highest BCUT2D eigenvalue weighted by Gasteiger charge is 2.28. The van der Waals surface area contributed by atoms with Gasteiger partial charge < -0.3 is 9.80 Å². The summed E-state index contributed by atoms with van der Waals surface area (Å²) < 4.78 is 0. The van der Waals surface area contributed by atoms with Crippen LogP contribution in [0.25, 0.3) is 0 Å². The van der Waals surface area contributed by atoms with E-state index in [9.17, 15) is 0 Å². The van der Waals surface area contributed by atoms with Gasteiger partial charge in [0.15, 0.2) is 0 Å². The SMILES string of the molecule is CC(C)(CBr)CN1CCC(N2CCCCC2)CC1. The molecule has 0 unspecified atom stereocenters. The van der Waals surface area contributed by atoms with Gasteiger partial charge in [0.05, 0.1) is 0 Å². The topological polar surface area (TPSA) is 6.48 Å². The molecule has 0 aromatic carbocycles. The average Bonchev–Trinajstić information content (AvgIpc) is 2.40. The Morgan fingerprint density at radius 1 is 1.00 bits per heavy atom. The smallest absolute Gasteiger partial charge is 0.0120 e. The summed E-state index contributed by atoms with van der Waals surface area (Å²) >= 11 is 3.64. The summed E-state index contributed by atoms with van der Waals surface area (Å²) in [7, 11) is 0. The van der Waals surface area contributed by atoms with Crippen molar-refractivity contribution < 1.29 is 0 Å². The monoisotopic (exact) mass is 316 g/mol. The lowest BCUT2D eigenvalue weighted by Gasteiger charge is -2.42. The van der Waals surface area contributed by atoms with Gasteiger partial charge in [0, 0.05) is 17.9 Å². The van der Waals surface area contributed by atoms with Gasteiger partial charge in [-0.2, -0.15) is 0 Å². The second kappa shape index (κ2) is 6.71. The first kappa shape index (κ1) is 14.8. The van der Waals surface area contributed by atoms with E-state index in [-0.39, 0.29) is 0 Å². The van der Waals surface area contributed by atoms with E-state index in [0.29, 0.717) is 5.41 Å². The molecule has 2 nitrogen and oxygen atoms in total. The number of likely N-dealkylation sites (tertiary alicyclic amines) is 2. The Morgan fingerprint density at radius 2 is 1.61 bits per heavy atom. The number of hydrogen-bond donors (Lipinski definition) is 0. The molecular formula is C15H29BrN2. The molecule has 3 heteroatoms. The Balaban J connectivity index is 1.74. The molecule has 2 saturated heterocycles. The van der Waals surface area contributed by atoms with Gasteiger partial charge in [-0.15, -0.1) is 0 Å². The second-order valence-corrected chi connectivity index (χ2v) is 7.46. The first-order valence-corrected chi connectivity index (χ1v) is 8.75. The average molecular weight is 317 g/mol. The zero-order valence-corrected chi connectivity index (χ0v) is 13.7. The van der Waals surface area contributed by atoms with Gasteiger partial charge in [-0.05, 0) is 57.3 Å². The van der Waals surface area contributed by atoms with Crippen molar-refractivity contribution in [1.29, 1.82) is 0 Å². The summed E-state index contributed by atoms with van der Waals surface area (Å²) in [6.07, 6.45) is 7.08. The first-order valence-electron chi connectivity index (χ1n) is 7.63. The fourth-order valence-electron chi connectivity index (χ4n) is 3.37. The maximum atomic E-state index is 3.64. The summed E-state index contributed by atoms with van der Waals surface area (Å²) in [4.78, 5) is 5.43. The highest BCUT2D eigenvalue weighted by atomic mass is 79.9. The van der Waals surface area contributed by atoms with Crippen molar-refractivity contribution in [2.75, 3.05) is 38.1 Å². The van der Waals surface area contributed by atoms with Crippen LogP contribution in [-0.2, 0) is 0 Å². The maximum absolute atomic E-state index is 3.64. The molecule has 0 radical (unpaired) electrons. The van der Waals surface area contributed by atoms with Crippen LogP contribution in [0.3, 0.4) is 0 Å². The quantitative estimate of drug-likeness (QED) is 0.734. The van der Waals surface area contributed by atoms with E-state index in [1.165, 1.54) is 64.8 Å². The number of piperidine rings is 2. The number of halogens is 1. The minimum Gasteiger partial charge on any atom is -0.303 e. The fraction of sp³-hybridized carbons (Fsp3) is 1.00. The van der Waals surface area contributed by atoms with E-state index in [0.717, 1.165) is 11.4 Å². The van der Waals surface area contributed by atoms with Crippen LogP contribution < -0.4 is 0 Å². The number of hydrogen-bond acceptors (Lipinski definition) is 2. The largest absolute Gasteiger partial charge is 0.303 e. The van der Waals surface area contributed by atoms with E-state index in [1.807, 2.05) is 0 Å². The zero-order valence-electron chi connectivity index (χ0n) is 12.1. The van der Waals surface area contributed by atoms with Crippen molar-refractivity contribution >= 4 is 15.9 Å². The Bertz CT molecular complexity index is 241. The van der Waals surface area contributed by atoms with E-state index < -0.39 is 0 Å². The summed E-state index contributed by atoms with van der Waals surface area (Å²) in [5, 5.41) is 1.10. The van der Waals surface area contributed by atoms with Crippen molar-refractivity contribution in [3.8, 4) is 0 Å². The molecule has 2 heterocycles. The van der Waals surface area contributed by atoms with Crippen molar-refractivity contribution in [3.05, 3.63) is 0 Å². The molecule has 2 rings (SSSR count). The predicted molar refractivity (Wildman–Crippen MR) is 82.5 cm³/mol. The molecule has 0 aliphatic carbocycles. The summed E-state index contributed by atoms with van der Waals surface area (Å²) in [6.45, 7) is 11.3. The van der Waals surface area contributed by atoms with Gasteiger partial charge in [-0.3, -0.25) is 0 Å². The number of rotatable bonds is 4. The van der Waals surface area contributed by atoms with E-state index >= 15 is 0 Å². The maximum Gasteiger partial charge on any atom is 0.0120 e. The van der Waals surface area contributed by atoms with Gasteiger partial charge >= 0.3 is 0 Å². The highest BCUT2D eigenvalue weighted by molar-refractivity contribution is 9.09. The van der Waals surface area contributed by atoms with Crippen LogP contribution in [0.4, 0.5) is 0 Å². The predicted octanol–water partition coefficient (Wildman–Crippen LogP) is 3.36. The minimum absolute atomic E-state index is 0.415. The van der Waals surface area contributed by atoms with Gasteiger partial charge in [0.25, 0.3) is 0 Å². The lowest BCUT2D eigenvalue weighted by molar-refractivity contribution is 0.0781. The minimum atomic E-state index is 0.415. The standard InChI is InChI=1S/C15H29BrN2/c1-15(2,12-16)13-17-10-6-14(7-11-17)18-8-4-3-5-9-18/h14H,3-13H2,1-2H3. The molecule has 0 N–H and O–H groups in total. The van der Waals surface area contributed by atoms with Crippen molar-refractivity contribution in [2.45, 2.75) is 52.0 Å². The van der Waals surface area contributed by atoms with Crippen LogP contribution in [0.15, 0.2) is 0 Å². The van der Waals surface area contributed by atoms with Crippen LogP contribution in [0.2, 0.25) is 0 Å². The first-order chi connectivity index (χ1) is 8.61. The molecule has 2 aliphatic heterocycles. The normalized spacial score (nSPS) is 25.5. The van der Waals surface area contributed by atoms with E-state index in [1.54, 1.807) is 0 Å². The highest BCUT2D eigenvalue weighted by Crippen LogP contribution is 2.25. The van der Waals surface area contributed by atoms with Crippen LogP contribution in [0, 0.1) is 5.41 Å². The lowest BCUT2D eigenvalue weighted by atomic mass is 9.93. The molecule has 2 fully saturated rings. The molecule has 2 aliphatic rings. The van der Waals surface area contributed by atoms with E-state index in [4.69, 9.17) is 0 Å². The molecule has 0 amide bonds. The van der Waals surface area contributed by atoms with Crippen LogP contribution >= 0.6 is 15.9 Å². The van der Waals surface area contributed by atoms with Gasteiger partial charge in [-0.1, -0.05) is 36.2 Å². The third-order valence-corrected chi connectivity index (χ3v) is 6.00. The molecule has 0 atom stereocenters. The summed E-state index contributed by atoms with van der Waals surface area (Å²) in [5.74, 6) is 0. The molecule has 18 heavy (non-hydrogen) atoms. The Kier molecular flexibility index (Phi) is 5.52. The Hall–Kier alpha value is 0.400. The fourth-order valence-corrected chi connectivity index (χ4v) is 3.55. The summed E-state index contributed by atoms with van der Waals surface area (Å²) in [5.41, 5.74) is 0.415. The van der Waals surface area contributed by atoms with Crippen LogP contribution in [0.5, 0.6) is 0 Å². The molecular weight excluding hydrogens is 288 g/mol. The number of nitrogens with zero attached hydrogens (tertiary/aromatic N) is 2. The Morgan fingerprint density at radius 3 is 2.17 bits per heavy atom. The molecule has 0 spiro atoms. The van der Waals surface area contributed by atoms with Crippen molar-refractivity contribution in [3.63, 3.8) is 0 Å². The number of alkyl halides is 1. The second-order valence-electron chi connectivity index (χ2n) is 6.90. The third-order valence-electron chi connectivity index (χ3n) is 4.48. The van der Waals surface area contributed by atoms with Crippen molar-refractivity contribution in [2.24, 2.45) is 5.41 Å². The molecule has 0 aromatic heterocycles. The third kappa shape index (κ3) is 4.21. The Labute approximate surface area is 121 Å². The van der Waals surface area contributed by atoms with Crippen molar-refractivity contribution in [1.82, 2.24) is 9.80 Å². The van der Waals surface area contributed by atoms with Crippen LogP contribution in [0.1, 0.15) is 46.0 Å². The lowest BCUT2D eigenvalue weighted by Crippen LogP contribution is -2.48. The zero-order chi connectivity index (χ0) is 13.0. The van der Waals surface area contributed by atoms with Gasteiger partial charge in [0.2, 0.25) is 0 Å². The molecule has 0 bridgehead atoms. The van der Waals surface area contributed by atoms with Gasteiger partial charge in [-0.25, -0.2) is 0 Å². The van der Waals surface area contributed by atoms with E-state index in [2.05, 4.69) is 39.6 Å². The van der Waals surface area contributed by atoms with Gasteiger partial charge in [0.1, 0.15) is 0 Å². The molecule has 0 saturated carbocycles. The molecule has 106 valence electrons. The molecule has 0 aromatic rings. The van der Waals surface area contributed by atoms with Crippen LogP contribution in [-0.4, -0.2) is 53.9 Å². The summed E-state index contributed by atoms with van der Waals surface area (Å²) in [6, 6.07) is 0.883.